The standard InChI is InChI=1S/C17H22N4O2/c1-18-13-5-4-9-20(11-13)16(22)8-10-21-12-19-15-7-3-2-6-14(15)17(21)23/h2-3,6-7,12-13,18H,4-5,8-11H2,1H3/t13-/m0/s1. The number of aryl methyl sites for hydroxylation is 1. The predicted octanol–water partition coefficient (Wildman–Crippen LogP) is 0.997. The zero-order valence-electron chi connectivity index (χ0n) is 13.4. The zero-order valence-corrected chi connectivity index (χ0v) is 13.4. The van der Waals surface area contributed by atoms with Crippen molar-refractivity contribution >= 4 is 16.8 Å². The molecule has 2 heterocycles. The smallest absolute Gasteiger partial charge is 0.261 e. The van der Waals surface area contributed by atoms with Gasteiger partial charge in [0, 0.05) is 32.1 Å². The van der Waals surface area contributed by atoms with Crippen molar-refractivity contribution in [2.45, 2.75) is 31.8 Å². The van der Waals surface area contributed by atoms with Gasteiger partial charge in [-0.15, -0.1) is 0 Å². The number of para-hydroxylation sites is 1. The van der Waals surface area contributed by atoms with Gasteiger partial charge in [0.1, 0.15) is 0 Å². The van der Waals surface area contributed by atoms with Gasteiger partial charge in [-0.25, -0.2) is 4.98 Å². The lowest BCUT2D eigenvalue weighted by Crippen LogP contribution is -2.47. The van der Waals surface area contributed by atoms with Crippen LogP contribution < -0.4 is 10.9 Å². The number of carbonyl (C=O) groups is 1. The van der Waals surface area contributed by atoms with Gasteiger partial charge in [-0.05, 0) is 32.0 Å². The van der Waals surface area contributed by atoms with Crippen molar-refractivity contribution in [3.63, 3.8) is 0 Å². The number of aromatic nitrogens is 2. The molecule has 0 radical (unpaired) electrons. The average molecular weight is 314 g/mol. The maximum atomic E-state index is 12.4. The van der Waals surface area contributed by atoms with Crippen LogP contribution in [-0.2, 0) is 11.3 Å². The molecular weight excluding hydrogens is 292 g/mol. The number of likely N-dealkylation sites (N-methyl/N-ethyl adjacent to an activating group) is 1. The van der Waals surface area contributed by atoms with Crippen LogP contribution in [0.1, 0.15) is 19.3 Å². The molecule has 1 N–H and O–H groups in total. The number of nitrogens with one attached hydrogen (secondary N) is 1. The van der Waals surface area contributed by atoms with Crippen LogP contribution >= 0.6 is 0 Å². The molecule has 1 aliphatic rings. The molecule has 1 aromatic heterocycles. The first kappa shape index (κ1) is 15.7. The van der Waals surface area contributed by atoms with Crippen LogP contribution in [-0.4, -0.2) is 46.5 Å². The van der Waals surface area contributed by atoms with Crippen LogP contribution in [0.15, 0.2) is 35.4 Å². The number of fused-ring (bicyclic) bond motifs is 1. The molecule has 6 heteroatoms. The summed E-state index contributed by atoms with van der Waals surface area (Å²) in [7, 11) is 1.93. The molecule has 2 aromatic rings. The quantitative estimate of drug-likeness (QED) is 0.914. The molecule has 1 aromatic carbocycles. The number of likely N-dealkylation sites (tertiary alicyclic amines) is 1. The second-order valence-electron chi connectivity index (χ2n) is 5.98. The topological polar surface area (TPSA) is 67.2 Å². The fourth-order valence-electron chi connectivity index (χ4n) is 3.08. The molecule has 0 bridgehead atoms. The fourth-order valence-corrected chi connectivity index (χ4v) is 3.08. The number of rotatable bonds is 4. The molecule has 1 aliphatic heterocycles. The van der Waals surface area contributed by atoms with Gasteiger partial charge in [-0.3, -0.25) is 14.2 Å². The van der Waals surface area contributed by atoms with Gasteiger partial charge in [0.25, 0.3) is 5.56 Å². The Morgan fingerprint density at radius 3 is 3.04 bits per heavy atom. The molecule has 0 spiro atoms. The van der Waals surface area contributed by atoms with Gasteiger partial charge in [0.2, 0.25) is 5.91 Å². The van der Waals surface area contributed by atoms with Gasteiger partial charge in [-0.2, -0.15) is 0 Å². The lowest BCUT2D eigenvalue weighted by atomic mass is 10.1. The third-order valence-electron chi connectivity index (χ3n) is 4.48. The van der Waals surface area contributed by atoms with E-state index in [9.17, 15) is 9.59 Å². The van der Waals surface area contributed by atoms with Crippen molar-refractivity contribution < 1.29 is 4.79 Å². The van der Waals surface area contributed by atoms with Crippen molar-refractivity contribution in [2.24, 2.45) is 0 Å². The van der Waals surface area contributed by atoms with E-state index in [0.717, 1.165) is 25.9 Å². The molecule has 1 atom stereocenters. The van der Waals surface area contributed by atoms with Crippen LogP contribution in [0.4, 0.5) is 0 Å². The summed E-state index contributed by atoms with van der Waals surface area (Å²) in [6.07, 6.45) is 3.99. The summed E-state index contributed by atoms with van der Waals surface area (Å²) in [6, 6.07) is 7.64. The molecule has 1 amide bonds. The summed E-state index contributed by atoms with van der Waals surface area (Å²) in [5, 5.41) is 3.83. The van der Waals surface area contributed by atoms with Gasteiger partial charge in [0.15, 0.2) is 0 Å². The van der Waals surface area contributed by atoms with E-state index in [1.165, 1.54) is 10.9 Å². The minimum atomic E-state index is -0.0878. The molecule has 1 saturated heterocycles. The van der Waals surface area contributed by atoms with E-state index in [1.807, 2.05) is 30.1 Å². The summed E-state index contributed by atoms with van der Waals surface area (Å²) in [4.78, 5) is 31.0. The Hall–Kier alpha value is -2.21. The highest BCUT2D eigenvalue weighted by Gasteiger charge is 2.22. The molecule has 122 valence electrons. The maximum absolute atomic E-state index is 12.4. The van der Waals surface area contributed by atoms with Crippen molar-refractivity contribution in [3.8, 4) is 0 Å². The van der Waals surface area contributed by atoms with Crippen LogP contribution in [0.3, 0.4) is 0 Å². The molecular formula is C17H22N4O2. The molecule has 23 heavy (non-hydrogen) atoms. The van der Waals surface area contributed by atoms with E-state index in [1.54, 1.807) is 6.07 Å². The van der Waals surface area contributed by atoms with E-state index in [0.29, 0.717) is 29.9 Å². The summed E-state index contributed by atoms with van der Waals surface area (Å²) in [5.74, 6) is 0.102. The lowest BCUT2D eigenvalue weighted by Gasteiger charge is -2.32. The predicted molar refractivity (Wildman–Crippen MR) is 89.3 cm³/mol. The fraction of sp³-hybridized carbons (Fsp3) is 0.471. The van der Waals surface area contributed by atoms with Gasteiger partial charge >= 0.3 is 0 Å². The Bertz CT molecular complexity index is 756. The molecule has 6 nitrogen and oxygen atoms in total. The first-order valence-corrected chi connectivity index (χ1v) is 8.08. The molecule has 0 saturated carbocycles. The Morgan fingerprint density at radius 2 is 2.22 bits per heavy atom. The van der Waals surface area contributed by atoms with E-state index < -0.39 is 0 Å². The minimum Gasteiger partial charge on any atom is -0.341 e. The third-order valence-corrected chi connectivity index (χ3v) is 4.48. The highest BCUT2D eigenvalue weighted by atomic mass is 16.2. The SMILES string of the molecule is CN[C@H]1CCCN(C(=O)CCn2cnc3ccccc3c2=O)C1. The Morgan fingerprint density at radius 1 is 1.39 bits per heavy atom. The van der Waals surface area contributed by atoms with Crippen LogP contribution in [0.2, 0.25) is 0 Å². The van der Waals surface area contributed by atoms with Crippen LogP contribution in [0.25, 0.3) is 10.9 Å². The van der Waals surface area contributed by atoms with E-state index in [-0.39, 0.29) is 11.5 Å². The molecule has 1 fully saturated rings. The first-order chi connectivity index (χ1) is 11.2. The number of carbonyl (C=O) groups excluding carboxylic acids is 1. The van der Waals surface area contributed by atoms with Crippen molar-refractivity contribution in [3.05, 3.63) is 40.9 Å². The van der Waals surface area contributed by atoms with Crippen molar-refractivity contribution in [1.29, 1.82) is 0 Å². The van der Waals surface area contributed by atoms with E-state index in [2.05, 4.69) is 10.3 Å². The van der Waals surface area contributed by atoms with Crippen LogP contribution in [0, 0.1) is 0 Å². The third kappa shape index (κ3) is 3.42. The Balaban J connectivity index is 1.67. The zero-order chi connectivity index (χ0) is 16.2. The summed E-state index contributed by atoms with van der Waals surface area (Å²) < 4.78 is 1.53. The van der Waals surface area contributed by atoms with Crippen molar-refractivity contribution in [2.75, 3.05) is 20.1 Å². The number of nitrogens with zero attached hydrogens (tertiary/aromatic N) is 3. The highest BCUT2D eigenvalue weighted by molar-refractivity contribution is 5.77. The number of piperidine rings is 1. The van der Waals surface area contributed by atoms with Crippen molar-refractivity contribution in [1.82, 2.24) is 19.8 Å². The maximum Gasteiger partial charge on any atom is 0.261 e. The first-order valence-electron chi connectivity index (χ1n) is 8.08. The lowest BCUT2D eigenvalue weighted by molar-refractivity contribution is -0.132. The number of amides is 1. The summed E-state index contributed by atoms with van der Waals surface area (Å²) >= 11 is 0. The van der Waals surface area contributed by atoms with Gasteiger partial charge in [-0.1, -0.05) is 12.1 Å². The molecule has 3 rings (SSSR count). The molecule has 0 aliphatic carbocycles. The summed E-state index contributed by atoms with van der Waals surface area (Å²) in [6.45, 7) is 1.93. The second-order valence-corrected chi connectivity index (χ2v) is 5.98. The Kier molecular flexibility index (Phi) is 4.71. The Labute approximate surface area is 135 Å². The van der Waals surface area contributed by atoms with Crippen LogP contribution in [0.5, 0.6) is 0 Å². The number of hydrogen-bond donors (Lipinski definition) is 1. The highest BCUT2D eigenvalue weighted by Crippen LogP contribution is 2.11. The van der Waals surface area contributed by atoms with Gasteiger partial charge < -0.3 is 10.2 Å². The minimum absolute atomic E-state index is 0.0878. The number of benzene rings is 1. The second kappa shape index (κ2) is 6.91. The number of hydrogen-bond acceptors (Lipinski definition) is 4. The normalized spacial score (nSPS) is 18.3. The molecule has 0 unspecified atom stereocenters. The van der Waals surface area contributed by atoms with E-state index in [4.69, 9.17) is 0 Å². The largest absolute Gasteiger partial charge is 0.341 e. The van der Waals surface area contributed by atoms with E-state index >= 15 is 0 Å². The van der Waals surface area contributed by atoms with Gasteiger partial charge in [0.05, 0.1) is 17.2 Å². The summed E-state index contributed by atoms with van der Waals surface area (Å²) in [5.41, 5.74) is 0.600. The average Bonchev–Trinajstić information content (AvgIpc) is 2.61. The monoisotopic (exact) mass is 314 g/mol.